The van der Waals surface area contributed by atoms with Crippen LogP contribution in [0.2, 0.25) is 0 Å². The highest BCUT2D eigenvalue weighted by molar-refractivity contribution is 9.10. The molecule has 1 atom stereocenters. The molecule has 0 saturated heterocycles. The van der Waals surface area contributed by atoms with Crippen molar-refractivity contribution in [3.63, 3.8) is 0 Å². The summed E-state index contributed by atoms with van der Waals surface area (Å²) in [5, 5.41) is 3.54. The number of nitrogens with zero attached hydrogens (tertiary/aromatic N) is 2. The monoisotopic (exact) mass is 362 g/mol. The average molecular weight is 363 g/mol. The number of halogens is 4. The van der Waals surface area contributed by atoms with Gasteiger partial charge in [-0.15, -0.1) is 0 Å². The molecule has 2 rings (SSSR count). The van der Waals surface area contributed by atoms with Gasteiger partial charge in [-0.2, -0.15) is 18.2 Å². The van der Waals surface area contributed by atoms with E-state index in [1.165, 1.54) is 19.1 Å². The fourth-order valence-corrected chi connectivity index (χ4v) is 2.00. The SMILES string of the molecule is CC(=O)C(C)c1nc(-c2ccc(Br)cc2C(F)(F)F)no1. The summed E-state index contributed by atoms with van der Waals surface area (Å²) in [7, 11) is 0. The van der Waals surface area contributed by atoms with Gasteiger partial charge in [-0.1, -0.05) is 21.1 Å². The van der Waals surface area contributed by atoms with Gasteiger partial charge in [-0.25, -0.2) is 0 Å². The topological polar surface area (TPSA) is 56.0 Å². The first kappa shape index (κ1) is 15.7. The summed E-state index contributed by atoms with van der Waals surface area (Å²) in [5.41, 5.74) is -1.07. The predicted molar refractivity (Wildman–Crippen MR) is 71.5 cm³/mol. The lowest BCUT2D eigenvalue weighted by Crippen LogP contribution is -2.08. The Balaban J connectivity index is 2.50. The van der Waals surface area contributed by atoms with Crippen molar-refractivity contribution in [2.24, 2.45) is 0 Å². The van der Waals surface area contributed by atoms with Gasteiger partial charge < -0.3 is 4.52 Å². The number of alkyl halides is 3. The minimum absolute atomic E-state index is 0.00598. The number of hydrogen-bond donors (Lipinski definition) is 0. The molecule has 0 aliphatic carbocycles. The third-order valence-electron chi connectivity index (χ3n) is 2.95. The van der Waals surface area contributed by atoms with Crippen LogP contribution in [0.1, 0.15) is 31.2 Å². The third kappa shape index (κ3) is 3.31. The molecule has 0 bridgehead atoms. The highest BCUT2D eigenvalue weighted by atomic mass is 79.9. The van der Waals surface area contributed by atoms with Crippen molar-refractivity contribution in [2.75, 3.05) is 0 Å². The Morgan fingerprint density at radius 1 is 1.38 bits per heavy atom. The van der Waals surface area contributed by atoms with Crippen LogP contribution in [0.3, 0.4) is 0 Å². The van der Waals surface area contributed by atoms with Crippen molar-refractivity contribution in [3.05, 3.63) is 34.1 Å². The molecule has 0 aliphatic rings. The molecule has 0 spiro atoms. The maximum absolute atomic E-state index is 13.0. The number of Topliss-reactive ketones (excluding diaryl/α,β-unsaturated/α-hetero) is 1. The first-order valence-electron chi connectivity index (χ1n) is 5.91. The summed E-state index contributed by atoms with van der Waals surface area (Å²) >= 11 is 3.00. The number of benzene rings is 1. The molecule has 0 amide bonds. The van der Waals surface area contributed by atoms with E-state index in [9.17, 15) is 18.0 Å². The van der Waals surface area contributed by atoms with Crippen molar-refractivity contribution in [3.8, 4) is 11.4 Å². The van der Waals surface area contributed by atoms with Gasteiger partial charge in [0.05, 0.1) is 11.5 Å². The van der Waals surface area contributed by atoms with Crippen LogP contribution >= 0.6 is 15.9 Å². The van der Waals surface area contributed by atoms with Crippen molar-refractivity contribution in [1.29, 1.82) is 0 Å². The second-order valence-electron chi connectivity index (χ2n) is 4.48. The molecule has 0 fully saturated rings. The lowest BCUT2D eigenvalue weighted by molar-refractivity contribution is -0.137. The van der Waals surface area contributed by atoms with E-state index >= 15 is 0 Å². The van der Waals surface area contributed by atoms with Gasteiger partial charge in [0.2, 0.25) is 11.7 Å². The van der Waals surface area contributed by atoms with Crippen molar-refractivity contribution < 1.29 is 22.5 Å². The molecule has 0 radical (unpaired) electrons. The summed E-state index contributed by atoms with van der Waals surface area (Å²) in [6.45, 7) is 2.89. The zero-order chi connectivity index (χ0) is 15.8. The molecule has 1 aromatic carbocycles. The molecule has 112 valence electrons. The predicted octanol–water partition coefficient (Wildman–Crippen LogP) is 4.21. The van der Waals surface area contributed by atoms with E-state index in [-0.39, 0.29) is 23.1 Å². The van der Waals surface area contributed by atoms with Gasteiger partial charge in [0.25, 0.3) is 0 Å². The Hall–Kier alpha value is -1.70. The van der Waals surface area contributed by atoms with Gasteiger partial charge in [0.1, 0.15) is 5.78 Å². The Labute approximate surface area is 126 Å². The molecular weight excluding hydrogens is 353 g/mol. The Morgan fingerprint density at radius 2 is 2.05 bits per heavy atom. The van der Waals surface area contributed by atoms with Crippen LogP contribution in [0.5, 0.6) is 0 Å². The van der Waals surface area contributed by atoms with E-state index in [0.717, 1.165) is 6.07 Å². The second-order valence-corrected chi connectivity index (χ2v) is 5.39. The lowest BCUT2D eigenvalue weighted by atomic mass is 10.1. The summed E-state index contributed by atoms with van der Waals surface area (Å²) in [6, 6.07) is 3.65. The number of hydrogen-bond acceptors (Lipinski definition) is 4. The van der Waals surface area contributed by atoms with Crippen LogP contribution in [-0.2, 0) is 11.0 Å². The highest BCUT2D eigenvalue weighted by Gasteiger charge is 2.35. The number of carbonyl (C=O) groups excluding carboxylic acids is 1. The fourth-order valence-electron chi connectivity index (χ4n) is 1.64. The van der Waals surface area contributed by atoms with E-state index in [0.29, 0.717) is 4.47 Å². The number of carbonyl (C=O) groups is 1. The molecular formula is C13H10BrF3N2O2. The second kappa shape index (κ2) is 5.59. The van der Waals surface area contributed by atoms with Crippen molar-refractivity contribution in [1.82, 2.24) is 10.1 Å². The van der Waals surface area contributed by atoms with Gasteiger partial charge >= 0.3 is 6.18 Å². The standard InChI is InChI=1S/C13H10BrF3N2O2/c1-6(7(2)20)12-18-11(19-21-12)9-4-3-8(14)5-10(9)13(15,16)17/h3-6H,1-2H3. The van der Waals surface area contributed by atoms with Crippen LogP contribution in [0.4, 0.5) is 13.2 Å². The van der Waals surface area contributed by atoms with E-state index in [2.05, 4.69) is 26.1 Å². The summed E-state index contributed by atoms with van der Waals surface area (Å²) in [5.74, 6) is -1.07. The van der Waals surface area contributed by atoms with Gasteiger partial charge in [-0.05, 0) is 32.0 Å². The van der Waals surface area contributed by atoms with Gasteiger partial charge in [0, 0.05) is 10.0 Å². The quantitative estimate of drug-likeness (QED) is 0.820. The molecule has 1 heterocycles. The highest BCUT2D eigenvalue weighted by Crippen LogP contribution is 2.37. The van der Waals surface area contributed by atoms with E-state index in [1.807, 2.05) is 0 Å². The maximum atomic E-state index is 13.0. The molecule has 0 N–H and O–H groups in total. The summed E-state index contributed by atoms with van der Waals surface area (Å²) in [4.78, 5) is 15.1. The van der Waals surface area contributed by atoms with Crippen LogP contribution in [0, 0.1) is 0 Å². The van der Waals surface area contributed by atoms with E-state index in [4.69, 9.17) is 4.52 Å². The van der Waals surface area contributed by atoms with Crippen LogP contribution in [0.15, 0.2) is 27.2 Å². The first-order chi connectivity index (χ1) is 9.70. The Kier molecular flexibility index (Phi) is 4.18. The number of aromatic nitrogens is 2. The molecule has 4 nitrogen and oxygen atoms in total. The van der Waals surface area contributed by atoms with E-state index in [1.54, 1.807) is 6.92 Å². The van der Waals surface area contributed by atoms with Gasteiger partial charge in [0.15, 0.2) is 0 Å². The zero-order valence-corrected chi connectivity index (χ0v) is 12.6. The third-order valence-corrected chi connectivity index (χ3v) is 3.44. The molecule has 21 heavy (non-hydrogen) atoms. The van der Waals surface area contributed by atoms with Crippen LogP contribution in [-0.4, -0.2) is 15.9 Å². The van der Waals surface area contributed by atoms with Gasteiger partial charge in [-0.3, -0.25) is 4.79 Å². The molecule has 0 aliphatic heterocycles. The number of rotatable bonds is 3. The molecule has 1 aromatic heterocycles. The Morgan fingerprint density at radius 3 is 2.62 bits per heavy atom. The minimum Gasteiger partial charge on any atom is -0.338 e. The summed E-state index contributed by atoms with van der Waals surface area (Å²) in [6.07, 6.45) is -4.55. The normalized spacial score (nSPS) is 13.2. The van der Waals surface area contributed by atoms with Crippen molar-refractivity contribution in [2.45, 2.75) is 25.9 Å². The molecule has 8 heteroatoms. The maximum Gasteiger partial charge on any atom is 0.417 e. The molecule has 0 saturated carbocycles. The van der Waals surface area contributed by atoms with Crippen LogP contribution in [0.25, 0.3) is 11.4 Å². The number of ketones is 1. The van der Waals surface area contributed by atoms with E-state index < -0.39 is 17.7 Å². The smallest absolute Gasteiger partial charge is 0.338 e. The average Bonchev–Trinajstić information content (AvgIpc) is 2.86. The van der Waals surface area contributed by atoms with Crippen LogP contribution < -0.4 is 0 Å². The lowest BCUT2D eigenvalue weighted by Gasteiger charge is -2.10. The van der Waals surface area contributed by atoms with Crippen molar-refractivity contribution >= 4 is 21.7 Å². The molecule has 2 aromatic rings. The fraction of sp³-hybridized carbons (Fsp3) is 0.308. The zero-order valence-electron chi connectivity index (χ0n) is 11.0. The molecule has 1 unspecified atom stereocenters. The summed E-state index contributed by atoms with van der Waals surface area (Å²) < 4.78 is 44.3. The Bertz CT molecular complexity index is 682. The minimum atomic E-state index is -4.55. The largest absolute Gasteiger partial charge is 0.417 e. The first-order valence-corrected chi connectivity index (χ1v) is 6.70.